The van der Waals surface area contributed by atoms with Crippen molar-refractivity contribution in [2.75, 3.05) is 0 Å². The molecule has 1 atom stereocenters. The Morgan fingerprint density at radius 3 is 1.80 bits per heavy atom. The topological polar surface area (TPSA) is 30.0 Å². The summed E-state index contributed by atoms with van der Waals surface area (Å²) in [7, 11) is -3.21. The Hall–Kier alpha value is -4.52. The Kier molecular flexibility index (Phi) is 10.2. The molecule has 0 saturated carbocycles. The molecular formula is C38H36NOP. The number of nitrogens with zero attached hydrogens (tertiary/aromatic N) is 1. The number of pyridine rings is 1. The minimum absolute atomic E-state index is 0.569. The maximum absolute atomic E-state index is 15.1. The third kappa shape index (κ3) is 7.37. The Bertz CT molecular complexity index is 1670. The smallest absolute Gasteiger partial charge is 0.180 e. The molecule has 0 N–H and O–H groups in total. The number of hydrogen-bond acceptors (Lipinski definition) is 2. The van der Waals surface area contributed by atoms with Crippen LogP contribution in [0.3, 0.4) is 0 Å². The second-order valence-electron chi connectivity index (χ2n) is 9.69. The minimum atomic E-state index is -3.21. The monoisotopic (exact) mass is 553 g/mol. The summed E-state index contributed by atoms with van der Waals surface area (Å²) in [6.45, 7) is 10.1. The molecule has 4 aromatic rings. The van der Waals surface area contributed by atoms with Crippen molar-refractivity contribution < 1.29 is 4.57 Å². The van der Waals surface area contributed by atoms with Gasteiger partial charge < -0.3 is 4.57 Å². The van der Waals surface area contributed by atoms with Gasteiger partial charge in [0.1, 0.15) is 5.44 Å². The van der Waals surface area contributed by atoms with Crippen molar-refractivity contribution in [3.05, 3.63) is 180 Å². The number of hydrogen-bond donors (Lipinski definition) is 0. The molecule has 0 aliphatic heterocycles. The van der Waals surface area contributed by atoms with E-state index in [-0.39, 0.29) is 0 Å². The van der Waals surface area contributed by atoms with Crippen LogP contribution in [-0.4, -0.2) is 4.98 Å². The van der Waals surface area contributed by atoms with E-state index in [1.807, 2.05) is 148 Å². The van der Waals surface area contributed by atoms with Crippen LogP contribution in [0.5, 0.6) is 0 Å². The summed E-state index contributed by atoms with van der Waals surface area (Å²) in [5.74, 6) is 0. The molecule has 0 saturated heterocycles. The van der Waals surface area contributed by atoms with Crippen LogP contribution >= 0.6 is 7.14 Å². The first kappa shape index (κ1) is 29.5. The number of allylic oxidation sites excluding steroid dienone is 11. The molecule has 4 rings (SSSR count). The summed E-state index contributed by atoms with van der Waals surface area (Å²) in [6.07, 6.45) is 13.9. The molecule has 0 spiro atoms. The zero-order valence-corrected chi connectivity index (χ0v) is 24.8. The standard InChI is InChI=1S/C38H36NOP/c1-5-33(35-23-11-7-12-24-35)27-16-20-32(4)41(40,31(3)19-15-18-30(2)34-21-9-6-10-22-34)38-29-17-28-37(39-38)36-25-13-8-14-26-36/h5-29H,2H2,1,3-4H3/b18-15-,27-16-,31-19+,32-20+,33-5?. The fourth-order valence-corrected chi connectivity index (χ4v) is 6.97. The molecular weight excluding hydrogens is 517 g/mol. The van der Waals surface area contributed by atoms with Gasteiger partial charge in [0.05, 0.1) is 5.69 Å². The zero-order chi connectivity index (χ0) is 29.1. The molecule has 0 amide bonds. The van der Waals surface area contributed by atoms with Gasteiger partial charge in [-0.15, -0.1) is 0 Å². The fourth-order valence-electron chi connectivity index (χ4n) is 4.55. The molecule has 2 nitrogen and oxygen atoms in total. The maximum atomic E-state index is 15.1. The summed E-state index contributed by atoms with van der Waals surface area (Å²) in [4.78, 5) is 4.93. The molecule has 3 aromatic carbocycles. The average molecular weight is 554 g/mol. The van der Waals surface area contributed by atoms with Gasteiger partial charge >= 0.3 is 0 Å². The van der Waals surface area contributed by atoms with Gasteiger partial charge in [-0.2, -0.15) is 0 Å². The second-order valence-corrected chi connectivity index (χ2v) is 12.8. The summed E-state index contributed by atoms with van der Waals surface area (Å²) >= 11 is 0. The van der Waals surface area contributed by atoms with E-state index >= 15 is 4.57 Å². The van der Waals surface area contributed by atoms with Gasteiger partial charge in [0.15, 0.2) is 7.14 Å². The quantitative estimate of drug-likeness (QED) is 0.144. The summed E-state index contributed by atoms with van der Waals surface area (Å²) in [5.41, 5.74) is 6.54. The lowest BCUT2D eigenvalue weighted by atomic mass is 10.1. The third-order valence-electron chi connectivity index (χ3n) is 6.93. The molecule has 1 heterocycles. The summed E-state index contributed by atoms with van der Waals surface area (Å²) < 4.78 is 15.1. The molecule has 0 aliphatic carbocycles. The molecule has 0 aliphatic rings. The van der Waals surface area contributed by atoms with Crippen molar-refractivity contribution in [1.29, 1.82) is 0 Å². The highest BCUT2D eigenvalue weighted by atomic mass is 31.2. The lowest BCUT2D eigenvalue weighted by Crippen LogP contribution is -2.12. The number of benzene rings is 3. The van der Waals surface area contributed by atoms with E-state index in [1.54, 1.807) is 0 Å². The van der Waals surface area contributed by atoms with Gasteiger partial charge in [-0.25, -0.2) is 4.98 Å². The normalized spacial score (nSPS) is 14.4. The Morgan fingerprint density at radius 2 is 1.22 bits per heavy atom. The molecule has 41 heavy (non-hydrogen) atoms. The van der Waals surface area contributed by atoms with Crippen LogP contribution in [0.2, 0.25) is 0 Å². The van der Waals surface area contributed by atoms with E-state index in [0.29, 0.717) is 5.44 Å². The highest BCUT2D eigenvalue weighted by molar-refractivity contribution is 7.79. The molecule has 3 heteroatoms. The van der Waals surface area contributed by atoms with Crippen LogP contribution in [0.4, 0.5) is 0 Å². The molecule has 204 valence electrons. The van der Waals surface area contributed by atoms with Crippen molar-refractivity contribution in [2.45, 2.75) is 20.8 Å². The van der Waals surface area contributed by atoms with E-state index in [1.165, 1.54) is 0 Å². The van der Waals surface area contributed by atoms with Gasteiger partial charge in [0.2, 0.25) is 0 Å². The molecule has 0 bridgehead atoms. The maximum Gasteiger partial charge on any atom is 0.180 e. The van der Waals surface area contributed by atoms with Crippen molar-refractivity contribution in [3.8, 4) is 11.3 Å². The van der Waals surface area contributed by atoms with E-state index in [4.69, 9.17) is 4.98 Å². The average Bonchev–Trinajstić information content (AvgIpc) is 3.03. The van der Waals surface area contributed by atoms with E-state index < -0.39 is 7.14 Å². The van der Waals surface area contributed by atoms with Crippen LogP contribution in [0, 0.1) is 0 Å². The van der Waals surface area contributed by atoms with Crippen molar-refractivity contribution in [3.63, 3.8) is 0 Å². The summed E-state index contributed by atoms with van der Waals surface area (Å²) in [6, 6.07) is 36.0. The van der Waals surface area contributed by atoms with E-state index in [0.717, 1.165) is 44.2 Å². The molecule has 0 radical (unpaired) electrons. The van der Waals surface area contributed by atoms with Crippen LogP contribution < -0.4 is 5.44 Å². The van der Waals surface area contributed by atoms with Crippen molar-refractivity contribution in [2.24, 2.45) is 0 Å². The van der Waals surface area contributed by atoms with Crippen LogP contribution in [0.15, 0.2) is 169 Å². The second kappa shape index (κ2) is 14.2. The molecule has 1 aromatic heterocycles. The first-order valence-electron chi connectivity index (χ1n) is 13.7. The van der Waals surface area contributed by atoms with Crippen LogP contribution in [-0.2, 0) is 4.57 Å². The van der Waals surface area contributed by atoms with Crippen LogP contribution in [0.1, 0.15) is 31.9 Å². The lowest BCUT2D eigenvalue weighted by molar-refractivity contribution is 0.588. The minimum Gasteiger partial charge on any atom is -0.308 e. The number of aromatic nitrogens is 1. The third-order valence-corrected chi connectivity index (χ3v) is 10.1. The van der Waals surface area contributed by atoms with Gasteiger partial charge in [-0.05, 0) is 65.8 Å². The lowest BCUT2D eigenvalue weighted by Gasteiger charge is -2.20. The first-order chi connectivity index (χ1) is 19.9. The SMILES string of the molecule is C=C(/C=C\C=C(/C)P(=O)(/C(C)=C/C=C\C(=CC)c1ccccc1)c1cccc(-c2ccccc2)n1)c1ccccc1. The first-order valence-corrected chi connectivity index (χ1v) is 15.4. The van der Waals surface area contributed by atoms with Gasteiger partial charge in [0.25, 0.3) is 0 Å². The van der Waals surface area contributed by atoms with Crippen molar-refractivity contribution >= 4 is 23.7 Å². The zero-order valence-electron chi connectivity index (χ0n) is 23.9. The molecule has 0 fully saturated rings. The summed E-state index contributed by atoms with van der Waals surface area (Å²) in [5, 5.41) is 1.52. The van der Waals surface area contributed by atoms with Gasteiger partial charge in [0, 0.05) is 5.56 Å². The van der Waals surface area contributed by atoms with E-state index in [9.17, 15) is 0 Å². The molecule has 1 unspecified atom stereocenters. The van der Waals surface area contributed by atoms with Crippen molar-refractivity contribution in [1.82, 2.24) is 4.98 Å². The van der Waals surface area contributed by atoms with Gasteiger partial charge in [-0.1, -0.05) is 146 Å². The van der Waals surface area contributed by atoms with Crippen LogP contribution in [0.25, 0.3) is 22.4 Å². The largest absolute Gasteiger partial charge is 0.308 e. The fraction of sp³-hybridized carbons (Fsp3) is 0.0789. The predicted octanol–water partition coefficient (Wildman–Crippen LogP) is 10.5. The van der Waals surface area contributed by atoms with Gasteiger partial charge in [-0.3, -0.25) is 0 Å². The number of rotatable bonds is 10. The predicted molar refractivity (Wildman–Crippen MR) is 178 cm³/mol. The van der Waals surface area contributed by atoms with E-state index in [2.05, 4.69) is 30.9 Å². The Balaban J connectivity index is 1.73. The highest BCUT2D eigenvalue weighted by Crippen LogP contribution is 2.59. The highest BCUT2D eigenvalue weighted by Gasteiger charge is 2.30. The Morgan fingerprint density at radius 1 is 0.683 bits per heavy atom. The Labute approximate surface area is 244 Å².